The first kappa shape index (κ1) is 15.1. The molecule has 1 aromatic rings. The molecular weight excluding hydrogens is 252 g/mol. The number of para-hydroxylation sites is 2. The molecule has 1 heterocycles. The smallest absolute Gasteiger partial charge is 0.142 e. The summed E-state index contributed by atoms with van der Waals surface area (Å²) in [7, 11) is 1.74. The maximum atomic E-state index is 6.17. The number of fused-ring (bicyclic) bond motifs is 1. The first-order valence-electron chi connectivity index (χ1n) is 7.34. The zero-order chi connectivity index (χ0) is 14.6. The molecule has 0 fully saturated rings. The van der Waals surface area contributed by atoms with E-state index in [4.69, 9.17) is 15.2 Å². The quantitative estimate of drug-likeness (QED) is 0.897. The topological polar surface area (TPSA) is 47.7 Å². The minimum Gasteiger partial charge on any atom is -0.491 e. The summed E-state index contributed by atoms with van der Waals surface area (Å²) in [5.74, 6) is 1.33. The van der Waals surface area contributed by atoms with Crippen molar-refractivity contribution < 1.29 is 9.47 Å². The molecule has 2 rings (SSSR count). The van der Waals surface area contributed by atoms with Crippen LogP contribution in [-0.2, 0) is 4.74 Å². The average molecular weight is 278 g/mol. The highest BCUT2D eigenvalue weighted by Crippen LogP contribution is 2.38. The molecule has 0 saturated carbocycles. The largest absolute Gasteiger partial charge is 0.491 e. The van der Waals surface area contributed by atoms with E-state index >= 15 is 0 Å². The number of hydrogen-bond acceptors (Lipinski definition) is 4. The summed E-state index contributed by atoms with van der Waals surface area (Å²) >= 11 is 0. The van der Waals surface area contributed by atoms with E-state index in [1.807, 2.05) is 12.1 Å². The Hall–Kier alpha value is -1.26. The zero-order valence-corrected chi connectivity index (χ0v) is 12.8. The second-order valence-electron chi connectivity index (χ2n) is 5.72. The second kappa shape index (κ2) is 6.46. The molecule has 0 bridgehead atoms. The van der Waals surface area contributed by atoms with Crippen LogP contribution in [0, 0.1) is 5.92 Å². The van der Waals surface area contributed by atoms with Crippen LogP contribution in [0.2, 0.25) is 0 Å². The predicted molar refractivity (Wildman–Crippen MR) is 82.4 cm³/mol. The fourth-order valence-corrected chi connectivity index (χ4v) is 3.00. The van der Waals surface area contributed by atoms with Crippen LogP contribution in [0.4, 0.5) is 5.69 Å². The number of methoxy groups -OCH3 is 1. The molecule has 0 spiro atoms. The van der Waals surface area contributed by atoms with Gasteiger partial charge in [-0.05, 0) is 24.5 Å². The lowest BCUT2D eigenvalue weighted by Crippen LogP contribution is -2.61. The summed E-state index contributed by atoms with van der Waals surface area (Å²) in [6.07, 6.45) is 0.993. The monoisotopic (exact) mass is 278 g/mol. The Labute approximate surface area is 121 Å². The summed E-state index contributed by atoms with van der Waals surface area (Å²) < 4.78 is 11.4. The van der Waals surface area contributed by atoms with Gasteiger partial charge in [-0.15, -0.1) is 0 Å². The molecule has 112 valence electrons. The van der Waals surface area contributed by atoms with E-state index in [0.717, 1.165) is 31.0 Å². The lowest BCUT2D eigenvalue weighted by atomic mass is 9.84. The van der Waals surface area contributed by atoms with Gasteiger partial charge in [0.25, 0.3) is 0 Å². The van der Waals surface area contributed by atoms with Gasteiger partial charge in [0.2, 0.25) is 0 Å². The van der Waals surface area contributed by atoms with Gasteiger partial charge in [-0.25, -0.2) is 0 Å². The van der Waals surface area contributed by atoms with Crippen LogP contribution in [0.3, 0.4) is 0 Å². The van der Waals surface area contributed by atoms with E-state index in [9.17, 15) is 0 Å². The molecule has 1 aromatic carbocycles. The third-order valence-electron chi connectivity index (χ3n) is 4.30. The fraction of sp³-hybridized carbons (Fsp3) is 0.625. The summed E-state index contributed by atoms with van der Waals surface area (Å²) in [5, 5.41) is 0. The Kier molecular flexibility index (Phi) is 4.89. The van der Waals surface area contributed by atoms with Gasteiger partial charge in [-0.1, -0.05) is 26.0 Å². The van der Waals surface area contributed by atoms with Gasteiger partial charge >= 0.3 is 0 Å². The van der Waals surface area contributed by atoms with Crippen molar-refractivity contribution in [3.63, 3.8) is 0 Å². The third kappa shape index (κ3) is 2.63. The molecule has 2 N–H and O–H groups in total. The Bertz CT molecular complexity index is 436. The minimum absolute atomic E-state index is 0.196. The minimum atomic E-state index is -0.196. The molecule has 1 unspecified atom stereocenters. The number of nitrogens with two attached hydrogens (primary N) is 1. The molecule has 0 aliphatic carbocycles. The van der Waals surface area contributed by atoms with Crippen molar-refractivity contribution in [3.8, 4) is 5.75 Å². The molecule has 1 atom stereocenters. The highest BCUT2D eigenvalue weighted by Gasteiger charge is 2.40. The van der Waals surface area contributed by atoms with Crippen LogP contribution in [0.5, 0.6) is 5.75 Å². The molecule has 0 amide bonds. The van der Waals surface area contributed by atoms with Crippen molar-refractivity contribution in [2.75, 3.05) is 38.3 Å². The maximum Gasteiger partial charge on any atom is 0.142 e. The maximum absolute atomic E-state index is 6.17. The highest BCUT2D eigenvalue weighted by atomic mass is 16.5. The predicted octanol–water partition coefficient (Wildman–Crippen LogP) is 2.28. The summed E-state index contributed by atoms with van der Waals surface area (Å²) in [6.45, 7) is 7.29. The number of benzene rings is 1. The van der Waals surface area contributed by atoms with E-state index < -0.39 is 0 Å². The number of anilines is 1. The molecule has 4 heteroatoms. The van der Waals surface area contributed by atoms with E-state index in [1.165, 1.54) is 0 Å². The van der Waals surface area contributed by atoms with Gasteiger partial charge in [0.1, 0.15) is 5.75 Å². The first-order valence-corrected chi connectivity index (χ1v) is 7.34. The molecule has 20 heavy (non-hydrogen) atoms. The van der Waals surface area contributed by atoms with Gasteiger partial charge in [-0.2, -0.15) is 0 Å². The van der Waals surface area contributed by atoms with E-state index in [2.05, 4.69) is 30.9 Å². The standard InChI is InChI=1S/C16H26N2O2/c1-13(2)16(11-17,12-19-3)18-9-6-10-20-15-8-5-4-7-14(15)18/h4-5,7-8,13H,6,9-12,17H2,1-3H3. The van der Waals surface area contributed by atoms with Crippen LogP contribution in [0.1, 0.15) is 20.3 Å². The Morgan fingerprint density at radius 3 is 2.80 bits per heavy atom. The first-order chi connectivity index (χ1) is 9.65. The number of ether oxygens (including phenoxy) is 2. The molecule has 0 saturated heterocycles. The van der Waals surface area contributed by atoms with Crippen molar-refractivity contribution >= 4 is 5.69 Å². The molecule has 0 radical (unpaired) electrons. The number of hydrogen-bond donors (Lipinski definition) is 1. The Balaban J connectivity index is 2.47. The number of nitrogens with zero attached hydrogens (tertiary/aromatic N) is 1. The van der Waals surface area contributed by atoms with Gasteiger partial charge in [0.15, 0.2) is 0 Å². The van der Waals surface area contributed by atoms with Crippen molar-refractivity contribution in [1.29, 1.82) is 0 Å². The number of rotatable bonds is 5. The second-order valence-corrected chi connectivity index (χ2v) is 5.72. The van der Waals surface area contributed by atoms with Crippen molar-refractivity contribution in [2.45, 2.75) is 25.8 Å². The van der Waals surface area contributed by atoms with Crippen LogP contribution < -0.4 is 15.4 Å². The van der Waals surface area contributed by atoms with Crippen LogP contribution in [-0.4, -0.2) is 39.0 Å². The molecule has 1 aliphatic rings. The summed E-state index contributed by atoms with van der Waals surface area (Å²) in [5.41, 5.74) is 7.10. The average Bonchev–Trinajstić information content (AvgIpc) is 2.67. The van der Waals surface area contributed by atoms with E-state index in [-0.39, 0.29) is 5.54 Å². The normalized spacial score (nSPS) is 18.1. The van der Waals surface area contributed by atoms with E-state index in [1.54, 1.807) is 7.11 Å². The van der Waals surface area contributed by atoms with Gasteiger partial charge < -0.3 is 20.1 Å². The zero-order valence-electron chi connectivity index (χ0n) is 12.8. The fourth-order valence-electron chi connectivity index (χ4n) is 3.00. The van der Waals surface area contributed by atoms with Gasteiger partial charge in [-0.3, -0.25) is 0 Å². The van der Waals surface area contributed by atoms with Crippen LogP contribution >= 0.6 is 0 Å². The van der Waals surface area contributed by atoms with Gasteiger partial charge in [0, 0.05) is 20.2 Å². The molecule has 4 nitrogen and oxygen atoms in total. The van der Waals surface area contributed by atoms with Crippen LogP contribution in [0.25, 0.3) is 0 Å². The van der Waals surface area contributed by atoms with Gasteiger partial charge in [0.05, 0.1) is 24.4 Å². The Morgan fingerprint density at radius 2 is 2.15 bits per heavy atom. The Morgan fingerprint density at radius 1 is 1.40 bits per heavy atom. The van der Waals surface area contributed by atoms with Crippen molar-refractivity contribution in [2.24, 2.45) is 11.7 Å². The third-order valence-corrected chi connectivity index (χ3v) is 4.30. The molecule has 0 aromatic heterocycles. The SMILES string of the molecule is COCC(CN)(C(C)C)N1CCCOc2ccccc21. The van der Waals surface area contributed by atoms with Crippen LogP contribution in [0.15, 0.2) is 24.3 Å². The summed E-state index contributed by atoms with van der Waals surface area (Å²) in [6, 6.07) is 8.21. The van der Waals surface area contributed by atoms with Crippen molar-refractivity contribution in [3.05, 3.63) is 24.3 Å². The highest BCUT2D eigenvalue weighted by molar-refractivity contribution is 5.61. The lowest BCUT2D eigenvalue weighted by Gasteiger charge is -2.47. The van der Waals surface area contributed by atoms with E-state index in [0.29, 0.717) is 19.1 Å². The lowest BCUT2D eigenvalue weighted by molar-refractivity contribution is 0.102. The molecular formula is C16H26N2O2. The molecule has 1 aliphatic heterocycles. The summed E-state index contributed by atoms with van der Waals surface area (Å²) in [4.78, 5) is 2.39. The van der Waals surface area contributed by atoms with Crippen molar-refractivity contribution in [1.82, 2.24) is 0 Å².